The minimum Gasteiger partial charge on any atom is -0.360 e. The van der Waals surface area contributed by atoms with Gasteiger partial charge in [-0.2, -0.15) is 0 Å². The fraction of sp³-hybridized carbons (Fsp3) is 0.562. The second-order valence-corrected chi connectivity index (χ2v) is 6.12. The largest absolute Gasteiger partial charge is 0.360 e. The fourth-order valence-electron chi connectivity index (χ4n) is 2.58. The van der Waals surface area contributed by atoms with Crippen LogP contribution in [0.3, 0.4) is 0 Å². The molecule has 104 valence electrons. The summed E-state index contributed by atoms with van der Waals surface area (Å²) in [4.78, 5) is 0. The molecule has 0 aliphatic heterocycles. The summed E-state index contributed by atoms with van der Waals surface area (Å²) in [6, 6.07) is 9.05. The van der Waals surface area contributed by atoms with Gasteiger partial charge in [0.05, 0.1) is 0 Å². The molecule has 0 bridgehead atoms. The summed E-state index contributed by atoms with van der Waals surface area (Å²) in [7, 11) is 0. The van der Waals surface area contributed by atoms with E-state index in [1.165, 1.54) is 37.7 Å². The lowest BCUT2D eigenvalue weighted by atomic mass is 9.96. The van der Waals surface area contributed by atoms with E-state index in [-0.39, 0.29) is 0 Å². The van der Waals surface area contributed by atoms with E-state index in [0.29, 0.717) is 12.0 Å². The summed E-state index contributed by atoms with van der Waals surface area (Å²) in [6.45, 7) is 4.41. The Balaban J connectivity index is 1.89. The number of thiocarbonyl (C=S) groups is 1. The first-order valence-corrected chi connectivity index (χ1v) is 7.73. The van der Waals surface area contributed by atoms with E-state index in [1.54, 1.807) is 0 Å². The first-order chi connectivity index (χ1) is 9.15. The molecule has 1 saturated carbocycles. The Labute approximate surface area is 122 Å². The Bertz CT molecular complexity index is 423. The minimum absolute atomic E-state index is 0.543. The molecule has 0 spiro atoms. The van der Waals surface area contributed by atoms with E-state index in [4.69, 9.17) is 12.2 Å². The van der Waals surface area contributed by atoms with Crippen molar-refractivity contribution in [1.29, 1.82) is 0 Å². The van der Waals surface area contributed by atoms with Gasteiger partial charge in [-0.25, -0.2) is 0 Å². The minimum atomic E-state index is 0.543. The van der Waals surface area contributed by atoms with E-state index in [9.17, 15) is 0 Å². The second kappa shape index (κ2) is 6.90. The molecular weight excluding hydrogens is 252 g/mol. The summed E-state index contributed by atoms with van der Waals surface area (Å²) in [5.41, 5.74) is 2.42. The summed E-state index contributed by atoms with van der Waals surface area (Å²) >= 11 is 5.40. The summed E-state index contributed by atoms with van der Waals surface area (Å²) in [5, 5.41) is 7.50. The van der Waals surface area contributed by atoms with Gasteiger partial charge in [-0.05, 0) is 48.7 Å². The highest BCUT2D eigenvalue weighted by molar-refractivity contribution is 7.80. The standard InChI is InChI=1S/C16H24N2S/c1-12(2)13-7-6-10-15(11-13)18-16(19)17-14-8-4-3-5-9-14/h6-7,10-12,14H,3-5,8-9H2,1-2H3,(H2,17,18,19). The van der Waals surface area contributed by atoms with E-state index in [2.05, 4.69) is 48.7 Å². The third-order valence-electron chi connectivity index (χ3n) is 3.75. The molecule has 0 heterocycles. The van der Waals surface area contributed by atoms with E-state index in [1.807, 2.05) is 0 Å². The summed E-state index contributed by atoms with van der Waals surface area (Å²) < 4.78 is 0. The van der Waals surface area contributed by atoms with E-state index in [0.717, 1.165) is 10.8 Å². The molecule has 2 N–H and O–H groups in total. The van der Waals surface area contributed by atoms with Crippen LogP contribution < -0.4 is 10.6 Å². The molecule has 0 radical (unpaired) electrons. The molecule has 1 fully saturated rings. The molecule has 1 aliphatic rings. The number of rotatable bonds is 3. The van der Waals surface area contributed by atoms with Gasteiger partial charge in [-0.15, -0.1) is 0 Å². The van der Waals surface area contributed by atoms with Crippen molar-refractivity contribution in [3.05, 3.63) is 29.8 Å². The first-order valence-electron chi connectivity index (χ1n) is 7.32. The number of hydrogen-bond donors (Lipinski definition) is 2. The van der Waals surface area contributed by atoms with Crippen LogP contribution in [0, 0.1) is 0 Å². The van der Waals surface area contributed by atoms with Gasteiger partial charge in [0.2, 0.25) is 0 Å². The Hall–Kier alpha value is -1.09. The quantitative estimate of drug-likeness (QED) is 0.799. The van der Waals surface area contributed by atoms with Crippen LogP contribution in [-0.2, 0) is 0 Å². The Morgan fingerprint density at radius 3 is 2.63 bits per heavy atom. The van der Waals surface area contributed by atoms with Gasteiger partial charge < -0.3 is 10.6 Å². The number of benzene rings is 1. The SMILES string of the molecule is CC(C)c1cccc(NC(=S)NC2CCCCC2)c1. The van der Waals surface area contributed by atoms with E-state index >= 15 is 0 Å². The predicted molar refractivity (Wildman–Crippen MR) is 86.8 cm³/mol. The monoisotopic (exact) mass is 276 g/mol. The van der Waals surface area contributed by atoms with Gasteiger partial charge in [0, 0.05) is 11.7 Å². The van der Waals surface area contributed by atoms with Gasteiger partial charge >= 0.3 is 0 Å². The van der Waals surface area contributed by atoms with Crippen molar-refractivity contribution >= 4 is 23.0 Å². The normalized spacial score (nSPS) is 16.4. The lowest BCUT2D eigenvalue weighted by molar-refractivity contribution is 0.415. The molecule has 0 aromatic heterocycles. The maximum absolute atomic E-state index is 5.40. The van der Waals surface area contributed by atoms with Crippen molar-refractivity contribution in [2.75, 3.05) is 5.32 Å². The lowest BCUT2D eigenvalue weighted by Crippen LogP contribution is -2.38. The van der Waals surface area contributed by atoms with Gasteiger partial charge in [0.25, 0.3) is 0 Å². The zero-order valence-electron chi connectivity index (χ0n) is 11.9. The van der Waals surface area contributed by atoms with Crippen molar-refractivity contribution in [2.45, 2.75) is 57.9 Å². The molecule has 0 atom stereocenters. The van der Waals surface area contributed by atoms with Crippen molar-refractivity contribution in [1.82, 2.24) is 5.32 Å². The third-order valence-corrected chi connectivity index (χ3v) is 3.97. The molecule has 0 saturated heterocycles. The zero-order valence-corrected chi connectivity index (χ0v) is 12.7. The highest BCUT2D eigenvalue weighted by atomic mass is 32.1. The van der Waals surface area contributed by atoms with Crippen LogP contribution >= 0.6 is 12.2 Å². The third kappa shape index (κ3) is 4.50. The van der Waals surface area contributed by atoms with Crippen LogP contribution in [-0.4, -0.2) is 11.2 Å². The Morgan fingerprint density at radius 2 is 1.95 bits per heavy atom. The highest BCUT2D eigenvalue weighted by Gasteiger charge is 2.13. The average Bonchev–Trinajstić information content (AvgIpc) is 2.40. The second-order valence-electron chi connectivity index (χ2n) is 5.71. The molecule has 3 heteroatoms. The average molecular weight is 276 g/mol. The van der Waals surface area contributed by atoms with Crippen molar-refractivity contribution < 1.29 is 0 Å². The number of nitrogens with one attached hydrogen (secondary N) is 2. The van der Waals surface area contributed by atoms with E-state index < -0.39 is 0 Å². The predicted octanol–water partition coefficient (Wildman–Crippen LogP) is 4.43. The van der Waals surface area contributed by atoms with Crippen molar-refractivity contribution in [3.63, 3.8) is 0 Å². The van der Waals surface area contributed by atoms with Gasteiger partial charge in [0.1, 0.15) is 0 Å². The molecule has 0 unspecified atom stereocenters. The van der Waals surface area contributed by atoms with Crippen LogP contribution in [0.25, 0.3) is 0 Å². The fourth-order valence-corrected chi connectivity index (χ4v) is 2.86. The van der Waals surface area contributed by atoms with Gasteiger partial charge in [-0.1, -0.05) is 45.2 Å². The molecule has 1 aromatic rings. The number of anilines is 1. The van der Waals surface area contributed by atoms with Gasteiger partial charge in [-0.3, -0.25) is 0 Å². The lowest BCUT2D eigenvalue weighted by Gasteiger charge is -2.24. The topological polar surface area (TPSA) is 24.1 Å². The van der Waals surface area contributed by atoms with Crippen LogP contribution in [0.2, 0.25) is 0 Å². The van der Waals surface area contributed by atoms with Crippen LogP contribution in [0.1, 0.15) is 57.4 Å². The van der Waals surface area contributed by atoms with Crippen molar-refractivity contribution in [3.8, 4) is 0 Å². The van der Waals surface area contributed by atoms with Crippen LogP contribution in [0.4, 0.5) is 5.69 Å². The van der Waals surface area contributed by atoms with Crippen LogP contribution in [0.5, 0.6) is 0 Å². The highest BCUT2D eigenvalue weighted by Crippen LogP contribution is 2.19. The maximum atomic E-state index is 5.40. The molecule has 1 aromatic carbocycles. The first kappa shape index (κ1) is 14.3. The van der Waals surface area contributed by atoms with Crippen molar-refractivity contribution in [2.24, 2.45) is 0 Å². The molecule has 19 heavy (non-hydrogen) atoms. The maximum Gasteiger partial charge on any atom is 0.170 e. The summed E-state index contributed by atoms with van der Waals surface area (Å²) in [5.74, 6) is 0.543. The zero-order chi connectivity index (χ0) is 13.7. The number of hydrogen-bond acceptors (Lipinski definition) is 1. The molecular formula is C16H24N2S. The Kier molecular flexibility index (Phi) is 5.20. The molecule has 2 rings (SSSR count). The smallest absolute Gasteiger partial charge is 0.170 e. The Morgan fingerprint density at radius 1 is 1.21 bits per heavy atom. The van der Waals surface area contributed by atoms with Crippen LogP contribution in [0.15, 0.2) is 24.3 Å². The molecule has 0 amide bonds. The summed E-state index contributed by atoms with van der Waals surface area (Å²) in [6.07, 6.45) is 6.50. The molecule has 2 nitrogen and oxygen atoms in total. The van der Waals surface area contributed by atoms with Gasteiger partial charge in [0.15, 0.2) is 5.11 Å². The molecule has 1 aliphatic carbocycles.